The molecule has 2 aromatic rings. The molecular weight excluding hydrogens is 340 g/mol. The van der Waals surface area contributed by atoms with Crippen molar-refractivity contribution in [1.29, 1.82) is 0 Å². The molecule has 2 N–H and O–H groups in total. The lowest BCUT2D eigenvalue weighted by Gasteiger charge is -2.11. The van der Waals surface area contributed by atoms with E-state index in [1.54, 1.807) is 23.1 Å². The van der Waals surface area contributed by atoms with E-state index >= 15 is 0 Å². The van der Waals surface area contributed by atoms with Crippen LogP contribution in [0.4, 0.5) is 0 Å². The fourth-order valence-corrected chi connectivity index (χ4v) is 4.21. The molecule has 0 spiro atoms. The summed E-state index contributed by atoms with van der Waals surface area (Å²) in [6.07, 6.45) is 1.92. The molecule has 0 radical (unpaired) electrons. The van der Waals surface area contributed by atoms with E-state index in [-0.39, 0.29) is 6.04 Å². The Bertz CT molecular complexity index is 554. The number of thiazole rings is 1. The first-order valence-corrected chi connectivity index (χ1v) is 8.71. The van der Waals surface area contributed by atoms with Crippen LogP contribution in [0.1, 0.15) is 24.6 Å². The van der Waals surface area contributed by atoms with Crippen LogP contribution in [0.15, 0.2) is 37.3 Å². The summed E-state index contributed by atoms with van der Waals surface area (Å²) in [7, 11) is 0. The molecule has 19 heavy (non-hydrogen) atoms. The van der Waals surface area contributed by atoms with E-state index in [1.165, 1.54) is 10.5 Å². The standard InChI is InChI=1S/C14H17BrN2S2/c1-3-11(16)6-10-4-5-12(7-13(10)15)19-14-17-9(2)8-18-14/h4-5,7-8,11H,3,6,16H2,1-2H3. The molecule has 1 atom stereocenters. The van der Waals surface area contributed by atoms with Crippen LogP contribution < -0.4 is 5.73 Å². The first-order valence-electron chi connectivity index (χ1n) is 6.22. The second-order valence-electron chi connectivity index (χ2n) is 4.48. The van der Waals surface area contributed by atoms with Gasteiger partial charge in [-0.3, -0.25) is 0 Å². The van der Waals surface area contributed by atoms with Crippen molar-refractivity contribution >= 4 is 39.0 Å². The molecule has 2 rings (SSSR count). The van der Waals surface area contributed by atoms with Crippen LogP contribution in [0, 0.1) is 6.92 Å². The minimum atomic E-state index is 0.233. The molecule has 1 aromatic carbocycles. The molecule has 1 heterocycles. The summed E-state index contributed by atoms with van der Waals surface area (Å²) in [5.41, 5.74) is 8.36. The van der Waals surface area contributed by atoms with E-state index in [0.29, 0.717) is 0 Å². The van der Waals surface area contributed by atoms with Crippen molar-refractivity contribution in [2.45, 2.75) is 42.0 Å². The fourth-order valence-electron chi connectivity index (χ4n) is 1.66. The van der Waals surface area contributed by atoms with Gasteiger partial charge < -0.3 is 5.73 Å². The van der Waals surface area contributed by atoms with Gasteiger partial charge in [-0.1, -0.05) is 40.7 Å². The predicted octanol–water partition coefficient (Wildman–Crippen LogP) is 4.65. The van der Waals surface area contributed by atoms with Gasteiger partial charge >= 0.3 is 0 Å². The van der Waals surface area contributed by atoms with E-state index in [9.17, 15) is 0 Å². The molecule has 2 nitrogen and oxygen atoms in total. The summed E-state index contributed by atoms with van der Waals surface area (Å²) in [5.74, 6) is 0. The quantitative estimate of drug-likeness (QED) is 0.847. The van der Waals surface area contributed by atoms with E-state index < -0.39 is 0 Å². The Hall–Kier alpha value is -0.360. The Labute approximate surface area is 131 Å². The number of hydrogen-bond acceptors (Lipinski definition) is 4. The number of rotatable bonds is 5. The number of aromatic nitrogens is 1. The monoisotopic (exact) mass is 356 g/mol. The van der Waals surface area contributed by atoms with Crippen LogP contribution in [0.25, 0.3) is 0 Å². The summed E-state index contributed by atoms with van der Waals surface area (Å²) < 4.78 is 2.22. The number of hydrogen-bond donors (Lipinski definition) is 1. The zero-order chi connectivity index (χ0) is 13.8. The minimum absolute atomic E-state index is 0.233. The largest absolute Gasteiger partial charge is 0.327 e. The third-order valence-corrected chi connectivity index (χ3v) is 5.62. The SMILES string of the molecule is CCC(N)Cc1ccc(Sc2nc(C)cs2)cc1Br. The third-order valence-electron chi connectivity index (χ3n) is 2.83. The van der Waals surface area contributed by atoms with Crippen molar-refractivity contribution in [2.75, 3.05) is 0 Å². The highest BCUT2D eigenvalue weighted by molar-refractivity contribution is 9.10. The summed E-state index contributed by atoms with van der Waals surface area (Å²) in [5, 5.41) is 2.08. The maximum absolute atomic E-state index is 6.00. The molecule has 1 unspecified atom stereocenters. The van der Waals surface area contributed by atoms with Gasteiger partial charge in [-0.05, 0) is 37.5 Å². The van der Waals surface area contributed by atoms with Crippen LogP contribution in [0.2, 0.25) is 0 Å². The summed E-state index contributed by atoms with van der Waals surface area (Å²) in [4.78, 5) is 5.67. The lowest BCUT2D eigenvalue weighted by molar-refractivity contribution is 0.645. The molecule has 5 heteroatoms. The zero-order valence-corrected chi connectivity index (χ0v) is 14.2. The second-order valence-corrected chi connectivity index (χ2v) is 7.52. The average Bonchev–Trinajstić information content (AvgIpc) is 2.78. The van der Waals surface area contributed by atoms with Gasteiger partial charge in [0.1, 0.15) is 0 Å². The Morgan fingerprint density at radius 1 is 1.47 bits per heavy atom. The van der Waals surface area contributed by atoms with Crippen LogP contribution in [0.5, 0.6) is 0 Å². The van der Waals surface area contributed by atoms with Gasteiger partial charge in [-0.2, -0.15) is 0 Å². The lowest BCUT2D eigenvalue weighted by Crippen LogP contribution is -2.21. The van der Waals surface area contributed by atoms with Gasteiger partial charge in [0.15, 0.2) is 4.34 Å². The Balaban J connectivity index is 2.10. The molecular formula is C14H17BrN2S2. The van der Waals surface area contributed by atoms with Crippen molar-refractivity contribution in [3.8, 4) is 0 Å². The average molecular weight is 357 g/mol. The van der Waals surface area contributed by atoms with E-state index in [1.807, 2.05) is 6.92 Å². The van der Waals surface area contributed by atoms with Crippen molar-refractivity contribution in [3.63, 3.8) is 0 Å². The number of benzene rings is 1. The highest BCUT2D eigenvalue weighted by Gasteiger charge is 2.08. The highest BCUT2D eigenvalue weighted by atomic mass is 79.9. The number of halogens is 1. The molecule has 0 saturated heterocycles. The fraction of sp³-hybridized carbons (Fsp3) is 0.357. The predicted molar refractivity (Wildman–Crippen MR) is 87.1 cm³/mol. The smallest absolute Gasteiger partial charge is 0.154 e. The normalized spacial score (nSPS) is 12.6. The van der Waals surface area contributed by atoms with E-state index in [2.05, 4.69) is 51.4 Å². The van der Waals surface area contributed by atoms with Gasteiger partial charge in [0.05, 0.1) is 0 Å². The van der Waals surface area contributed by atoms with Gasteiger partial charge in [-0.15, -0.1) is 11.3 Å². The van der Waals surface area contributed by atoms with Gasteiger partial charge in [0.25, 0.3) is 0 Å². The van der Waals surface area contributed by atoms with Gasteiger partial charge in [-0.25, -0.2) is 4.98 Å². The number of nitrogens with two attached hydrogens (primary N) is 1. The van der Waals surface area contributed by atoms with Crippen molar-refractivity contribution in [1.82, 2.24) is 4.98 Å². The first kappa shape index (κ1) is 15.0. The van der Waals surface area contributed by atoms with Gasteiger partial charge in [0, 0.05) is 26.5 Å². The Morgan fingerprint density at radius 3 is 2.84 bits per heavy atom. The third kappa shape index (κ3) is 4.31. The molecule has 102 valence electrons. The minimum Gasteiger partial charge on any atom is -0.327 e. The van der Waals surface area contributed by atoms with E-state index in [0.717, 1.165) is 27.3 Å². The molecule has 0 aliphatic rings. The molecule has 0 aliphatic heterocycles. The summed E-state index contributed by atoms with van der Waals surface area (Å²) in [6.45, 7) is 4.14. The summed E-state index contributed by atoms with van der Waals surface area (Å²) >= 11 is 7.02. The molecule has 0 bridgehead atoms. The lowest BCUT2D eigenvalue weighted by atomic mass is 10.1. The highest BCUT2D eigenvalue weighted by Crippen LogP contribution is 2.33. The Morgan fingerprint density at radius 2 is 2.26 bits per heavy atom. The topological polar surface area (TPSA) is 38.9 Å². The van der Waals surface area contributed by atoms with Crippen molar-refractivity contribution in [3.05, 3.63) is 39.3 Å². The Kier molecular flexibility index (Phi) is 5.45. The van der Waals surface area contributed by atoms with Crippen LogP contribution >= 0.6 is 39.0 Å². The molecule has 1 aromatic heterocycles. The van der Waals surface area contributed by atoms with Crippen LogP contribution in [0.3, 0.4) is 0 Å². The first-order chi connectivity index (χ1) is 9.08. The second kappa shape index (κ2) is 6.88. The van der Waals surface area contributed by atoms with Gasteiger partial charge in [0.2, 0.25) is 0 Å². The maximum Gasteiger partial charge on any atom is 0.154 e. The molecule has 0 aliphatic carbocycles. The summed E-state index contributed by atoms with van der Waals surface area (Å²) in [6, 6.07) is 6.68. The zero-order valence-electron chi connectivity index (χ0n) is 11.0. The molecule has 0 saturated carbocycles. The molecule has 0 fully saturated rings. The molecule has 0 amide bonds. The van der Waals surface area contributed by atoms with E-state index in [4.69, 9.17) is 5.73 Å². The van der Waals surface area contributed by atoms with Crippen molar-refractivity contribution < 1.29 is 0 Å². The number of nitrogens with zero attached hydrogens (tertiary/aromatic N) is 1. The maximum atomic E-state index is 6.00. The number of aryl methyl sites for hydroxylation is 1. The van der Waals surface area contributed by atoms with Crippen LogP contribution in [-0.2, 0) is 6.42 Å². The van der Waals surface area contributed by atoms with Crippen LogP contribution in [-0.4, -0.2) is 11.0 Å². The van der Waals surface area contributed by atoms with Crippen molar-refractivity contribution in [2.24, 2.45) is 5.73 Å².